The molecule has 23 heavy (non-hydrogen) atoms. The molecule has 0 bridgehead atoms. The van der Waals surface area contributed by atoms with Crippen molar-refractivity contribution >= 4 is 29.3 Å². The minimum Gasteiger partial charge on any atom is -0.338 e. The van der Waals surface area contributed by atoms with Crippen molar-refractivity contribution in [1.29, 1.82) is 0 Å². The third-order valence-electron chi connectivity index (χ3n) is 3.96. The first-order chi connectivity index (χ1) is 10.9. The maximum absolute atomic E-state index is 12.9. The zero-order chi connectivity index (χ0) is 16.6. The summed E-state index contributed by atoms with van der Waals surface area (Å²) in [4.78, 5) is 27.9. The quantitative estimate of drug-likeness (QED) is 0.873. The fourth-order valence-electron chi connectivity index (χ4n) is 2.54. The van der Waals surface area contributed by atoms with Crippen LogP contribution in [0.1, 0.15) is 12.6 Å². The van der Waals surface area contributed by atoms with E-state index in [0.717, 1.165) is 16.3 Å². The smallest absolute Gasteiger partial charge is 0.250 e. The van der Waals surface area contributed by atoms with E-state index in [9.17, 15) is 9.59 Å². The normalized spacial score (nSPS) is 19.9. The Morgan fingerprint density at radius 3 is 2.83 bits per heavy atom. The molecule has 2 heterocycles. The summed E-state index contributed by atoms with van der Waals surface area (Å²) in [5.74, 6) is -0.515. The number of amides is 2. The van der Waals surface area contributed by atoms with Crippen molar-refractivity contribution < 1.29 is 9.59 Å². The Morgan fingerprint density at radius 2 is 2.13 bits per heavy atom. The van der Waals surface area contributed by atoms with Crippen LogP contribution in [0.5, 0.6) is 0 Å². The van der Waals surface area contributed by atoms with Crippen LogP contribution in [-0.2, 0) is 23.2 Å². The molecule has 1 atom stereocenters. The van der Waals surface area contributed by atoms with Gasteiger partial charge in [-0.25, -0.2) is 0 Å². The van der Waals surface area contributed by atoms with E-state index in [1.54, 1.807) is 29.7 Å². The molecule has 120 valence electrons. The fourth-order valence-corrected chi connectivity index (χ4v) is 3.75. The van der Waals surface area contributed by atoms with Crippen LogP contribution in [-0.4, -0.2) is 38.3 Å². The minimum absolute atomic E-state index is 0.226. The van der Waals surface area contributed by atoms with Crippen molar-refractivity contribution in [3.05, 3.63) is 42.2 Å². The van der Waals surface area contributed by atoms with Crippen LogP contribution in [0.4, 0.5) is 5.69 Å². The Morgan fingerprint density at radius 1 is 1.39 bits per heavy atom. The molecule has 0 fully saturated rings. The van der Waals surface area contributed by atoms with Gasteiger partial charge in [-0.3, -0.25) is 14.3 Å². The van der Waals surface area contributed by atoms with E-state index in [-0.39, 0.29) is 11.8 Å². The van der Waals surface area contributed by atoms with Gasteiger partial charge >= 0.3 is 0 Å². The SMILES string of the molecule is CN(Cc1ccnn1C)C(=O)C1(C)Sc2ccccc2NC1=O. The van der Waals surface area contributed by atoms with Crippen molar-refractivity contribution in [2.45, 2.75) is 23.1 Å². The third-order valence-corrected chi connectivity index (χ3v) is 5.30. The number of thioether (sulfide) groups is 1. The summed E-state index contributed by atoms with van der Waals surface area (Å²) in [6, 6.07) is 9.36. The minimum atomic E-state index is -1.18. The molecule has 7 heteroatoms. The van der Waals surface area contributed by atoms with Gasteiger partial charge in [0.15, 0.2) is 4.75 Å². The number of fused-ring (bicyclic) bond motifs is 1. The number of nitrogens with zero attached hydrogens (tertiary/aromatic N) is 3. The van der Waals surface area contributed by atoms with Crippen LogP contribution in [0.2, 0.25) is 0 Å². The Labute approximate surface area is 138 Å². The number of hydrogen-bond donors (Lipinski definition) is 1. The molecular formula is C16H18N4O2S. The first-order valence-corrected chi connectivity index (χ1v) is 8.05. The second-order valence-corrected chi connectivity index (χ2v) is 7.15. The lowest BCUT2D eigenvalue weighted by Gasteiger charge is -2.34. The van der Waals surface area contributed by atoms with E-state index in [0.29, 0.717) is 6.54 Å². The second kappa shape index (κ2) is 5.73. The number of rotatable bonds is 3. The van der Waals surface area contributed by atoms with E-state index in [1.165, 1.54) is 11.8 Å². The number of anilines is 1. The van der Waals surface area contributed by atoms with Gasteiger partial charge in [0.1, 0.15) is 0 Å². The lowest BCUT2D eigenvalue weighted by atomic mass is 10.1. The van der Waals surface area contributed by atoms with Gasteiger partial charge in [-0.15, -0.1) is 0 Å². The highest BCUT2D eigenvalue weighted by Gasteiger charge is 2.47. The predicted octanol–water partition coefficient (Wildman–Crippen LogP) is 1.88. The number of hydrogen-bond acceptors (Lipinski definition) is 4. The van der Waals surface area contributed by atoms with E-state index in [1.807, 2.05) is 37.4 Å². The summed E-state index contributed by atoms with van der Waals surface area (Å²) < 4.78 is 0.539. The van der Waals surface area contributed by atoms with Crippen LogP contribution in [0, 0.1) is 0 Å². The second-order valence-electron chi connectivity index (χ2n) is 5.69. The van der Waals surface area contributed by atoms with Gasteiger partial charge < -0.3 is 10.2 Å². The lowest BCUT2D eigenvalue weighted by Crippen LogP contribution is -2.52. The zero-order valence-corrected chi connectivity index (χ0v) is 14.1. The molecule has 1 unspecified atom stereocenters. The number of para-hydroxylation sites is 1. The maximum Gasteiger partial charge on any atom is 0.250 e. The van der Waals surface area contributed by atoms with Crippen molar-refractivity contribution in [2.24, 2.45) is 7.05 Å². The molecule has 6 nitrogen and oxygen atoms in total. The molecule has 1 aromatic heterocycles. The van der Waals surface area contributed by atoms with E-state index in [2.05, 4.69) is 10.4 Å². The zero-order valence-electron chi connectivity index (χ0n) is 13.2. The van der Waals surface area contributed by atoms with Gasteiger partial charge in [-0.05, 0) is 25.1 Å². The standard InChI is InChI=1S/C16H18N4O2S/c1-16(14(21)18-12-6-4-5-7-13(12)23-16)15(22)19(2)10-11-8-9-17-20(11)3/h4-9H,10H2,1-3H3,(H,18,21). The number of carbonyl (C=O) groups is 2. The summed E-state index contributed by atoms with van der Waals surface area (Å²) in [5.41, 5.74) is 1.66. The van der Waals surface area contributed by atoms with E-state index in [4.69, 9.17) is 0 Å². The first kappa shape index (κ1) is 15.6. The highest BCUT2D eigenvalue weighted by molar-refractivity contribution is 8.02. The van der Waals surface area contributed by atoms with Gasteiger partial charge in [0, 0.05) is 25.2 Å². The lowest BCUT2D eigenvalue weighted by molar-refractivity contribution is -0.137. The fraction of sp³-hybridized carbons (Fsp3) is 0.312. The molecule has 0 aliphatic carbocycles. The van der Waals surface area contributed by atoms with Crippen molar-refractivity contribution in [2.75, 3.05) is 12.4 Å². The summed E-state index contributed by atoms with van der Waals surface area (Å²) in [6.07, 6.45) is 1.69. The number of nitrogens with one attached hydrogen (secondary N) is 1. The van der Waals surface area contributed by atoms with Crippen LogP contribution < -0.4 is 5.32 Å². The van der Waals surface area contributed by atoms with Crippen molar-refractivity contribution in [3.63, 3.8) is 0 Å². The maximum atomic E-state index is 12.9. The Balaban J connectivity index is 1.83. The number of aromatic nitrogens is 2. The van der Waals surface area contributed by atoms with Gasteiger partial charge in [0.05, 0.1) is 17.9 Å². The molecule has 2 aromatic rings. The highest BCUT2D eigenvalue weighted by Crippen LogP contribution is 2.43. The molecule has 3 rings (SSSR count). The number of benzene rings is 1. The molecule has 1 N–H and O–H groups in total. The Kier molecular flexibility index (Phi) is 3.89. The van der Waals surface area contributed by atoms with Crippen molar-refractivity contribution in [1.82, 2.24) is 14.7 Å². The van der Waals surface area contributed by atoms with Crippen molar-refractivity contribution in [3.8, 4) is 0 Å². The topological polar surface area (TPSA) is 67.2 Å². The van der Waals surface area contributed by atoms with Gasteiger partial charge in [0.25, 0.3) is 0 Å². The molecule has 0 saturated heterocycles. The highest BCUT2D eigenvalue weighted by atomic mass is 32.2. The van der Waals surface area contributed by atoms with E-state index < -0.39 is 4.75 Å². The summed E-state index contributed by atoms with van der Waals surface area (Å²) in [7, 11) is 3.53. The Hall–Kier alpha value is -2.28. The van der Waals surface area contributed by atoms with Gasteiger partial charge in [-0.1, -0.05) is 23.9 Å². The molecule has 2 amide bonds. The molecular weight excluding hydrogens is 312 g/mol. The summed E-state index contributed by atoms with van der Waals surface area (Å²) in [6.45, 7) is 2.07. The van der Waals surface area contributed by atoms with Crippen LogP contribution >= 0.6 is 11.8 Å². The predicted molar refractivity (Wildman–Crippen MR) is 89.0 cm³/mol. The van der Waals surface area contributed by atoms with Gasteiger partial charge in [0.2, 0.25) is 11.8 Å². The largest absolute Gasteiger partial charge is 0.338 e. The molecule has 0 spiro atoms. The molecule has 1 aliphatic rings. The van der Waals surface area contributed by atoms with Crippen LogP contribution in [0.25, 0.3) is 0 Å². The molecule has 0 radical (unpaired) electrons. The summed E-state index contributed by atoms with van der Waals surface area (Å²) in [5, 5.41) is 6.93. The van der Waals surface area contributed by atoms with Gasteiger partial charge in [-0.2, -0.15) is 5.10 Å². The first-order valence-electron chi connectivity index (χ1n) is 7.24. The summed E-state index contributed by atoms with van der Waals surface area (Å²) >= 11 is 1.29. The third kappa shape index (κ3) is 2.72. The number of carbonyl (C=O) groups excluding carboxylic acids is 2. The molecule has 0 saturated carbocycles. The average molecular weight is 330 g/mol. The monoisotopic (exact) mass is 330 g/mol. The average Bonchev–Trinajstić information content (AvgIpc) is 2.92. The van der Waals surface area contributed by atoms with Crippen LogP contribution in [0.3, 0.4) is 0 Å². The molecule has 1 aliphatic heterocycles. The van der Waals surface area contributed by atoms with Crippen LogP contribution in [0.15, 0.2) is 41.4 Å². The molecule has 1 aromatic carbocycles. The number of aryl methyl sites for hydroxylation is 1. The Bertz CT molecular complexity index is 773. The van der Waals surface area contributed by atoms with E-state index >= 15 is 0 Å².